The summed E-state index contributed by atoms with van der Waals surface area (Å²) in [6, 6.07) is 20.4. The van der Waals surface area contributed by atoms with Crippen LogP contribution < -0.4 is 15.5 Å². The SMILES string of the molecule is Cc1ccc(C(=O)Oc2ccc(C=NNC(=O)C(=O)Nc3ccc(Br)cc3)cc2)cc1. The summed E-state index contributed by atoms with van der Waals surface area (Å²) in [5, 5.41) is 6.23. The van der Waals surface area contributed by atoms with E-state index in [2.05, 4.69) is 31.8 Å². The molecule has 8 heteroatoms. The number of halogens is 1. The summed E-state index contributed by atoms with van der Waals surface area (Å²) in [5.74, 6) is -1.81. The molecule has 0 saturated heterocycles. The molecule has 0 aromatic heterocycles. The minimum absolute atomic E-state index is 0.376. The molecule has 156 valence electrons. The van der Waals surface area contributed by atoms with Gasteiger partial charge in [0, 0.05) is 10.2 Å². The fourth-order valence-electron chi connectivity index (χ4n) is 2.41. The van der Waals surface area contributed by atoms with Gasteiger partial charge in [-0.1, -0.05) is 33.6 Å². The highest BCUT2D eigenvalue weighted by molar-refractivity contribution is 9.10. The average molecular weight is 480 g/mol. The Morgan fingerprint density at radius 1 is 0.871 bits per heavy atom. The average Bonchev–Trinajstić information content (AvgIpc) is 2.77. The van der Waals surface area contributed by atoms with Crippen molar-refractivity contribution >= 4 is 45.6 Å². The molecule has 0 aliphatic carbocycles. The van der Waals surface area contributed by atoms with Crippen LogP contribution in [0.2, 0.25) is 0 Å². The van der Waals surface area contributed by atoms with Gasteiger partial charge in [0.05, 0.1) is 11.8 Å². The molecule has 3 aromatic rings. The van der Waals surface area contributed by atoms with E-state index in [1.807, 2.05) is 19.1 Å². The molecule has 0 heterocycles. The van der Waals surface area contributed by atoms with Crippen molar-refractivity contribution in [2.45, 2.75) is 6.92 Å². The lowest BCUT2D eigenvalue weighted by Gasteiger charge is -2.05. The number of nitrogens with zero attached hydrogens (tertiary/aromatic N) is 1. The Morgan fingerprint density at radius 3 is 2.16 bits per heavy atom. The lowest BCUT2D eigenvalue weighted by molar-refractivity contribution is -0.136. The molecule has 2 N–H and O–H groups in total. The third-order valence-electron chi connectivity index (χ3n) is 4.07. The number of amides is 2. The Kier molecular flexibility index (Phi) is 7.29. The fourth-order valence-corrected chi connectivity index (χ4v) is 2.68. The molecule has 0 bridgehead atoms. The first-order valence-corrected chi connectivity index (χ1v) is 9.99. The van der Waals surface area contributed by atoms with Crippen LogP contribution in [0.25, 0.3) is 0 Å². The second-order valence-corrected chi connectivity index (χ2v) is 7.40. The summed E-state index contributed by atoms with van der Waals surface area (Å²) in [5.41, 5.74) is 4.80. The maximum absolute atomic E-state index is 12.1. The minimum atomic E-state index is -0.900. The van der Waals surface area contributed by atoms with Crippen molar-refractivity contribution < 1.29 is 19.1 Å². The molecule has 3 aromatic carbocycles. The lowest BCUT2D eigenvalue weighted by atomic mass is 10.1. The number of hydrogen-bond acceptors (Lipinski definition) is 5. The summed E-state index contributed by atoms with van der Waals surface area (Å²) in [6.45, 7) is 1.94. The monoisotopic (exact) mass is 479 g/mol. The number of hydrogen-bond donors (Lipinski definition) is 2. The molecule has 0 atom stereocenters. The molecule has 31 heavy (non-hydrogen) atoms. The molecule has 0 aliphatic heterocycles. The van der Waals surface area contributed by atoms with E-state index in [-0.39, 0.29) is 0 Å². The van der Waals surface area contributed by atoms with Gasteiger partial charge in [0.25, 0.3) is 0 Å². The summed E-state index contributed by atoms with van der Waals surface area (Å²) < 4.78 is 6.18. The van der Waals surface area contributed by atoms with Gasteiger partial charge in [-0.3, -0.25) is 9.59 Å². The highest BCUT2D eigenvalue weighted by atomic mass is 79.9. The van der Waals surface area contributed by atoms with E-state index in [4.69, 9.17) is 4.74 Å². The van der Waals surface area contributed by atoms with Crippen LogP contribution in [0, 0.1) is 6.92 Å². The predicted octanol–water partition coefficient (Wildman–Crippen LogP) is 4.07. The fraction of sp³-hybridized carbons (Fsp3) is 0.0435. The van der Waals surface area contributed by atoms with Crippen molar-refractivity contribution in [1.29, 1.82) is 0 Å². The maximum atomic E-state index is 12.1. The number of esters is 1. The highest BCUT2D eigenvalue weighted by Gasteiger charge is 2.12. The van der Waals surface area contributed by atoms with Gasteiger partial charge >= 0.3 is 17.8 Å². The standard InChI is InChI=1S/C23H18BrN3O4/c1-15-2-6-17(7-3-15)23(30)31-20-12-4-16(5-13-20)14-25-27-22(29)21(28)26-19-10-8-18(24)9-11-19/h2-14H,1H3,(H,26,28)(H,27,29). The van der Waals surface area contributed by atoms with Gasteiger partial charge in [0.2, 0.25) is 0 Å². The number of rotatable bonds is 5. The third-order valence-corrected chi connectivity index (χ3v) is 4.59. The van der Waals surface area contributed by atoms with Crippen LogP contribution in [0.1, 0.15) is 21.5 Å². The smallest absolute Gasteiger partial charge is 0.343 e. The number of benzene rings is 3. The van der Waals surface area contributed by atoms with E-state index in [1.54, 1.807) is 60.7 Å². The van der Waals surface area contributed by atoms with Crippen molar-refractivity contribution in [2.75, 3.05) is 5.32 Å². The van der Waals surface area contributed by atoms with Gasteiger partial charge < -0.3 is 10.1 Å². The van der Waals surface area contributed by atoms with Gasteiger partial charge in [-0.15, -0.1) is 0 Å². The van der Waals surface area contributed by atoms with E-state index in [9.17, 15) is 14.4 Å². The van der Waals surface area contributed by atoms with Crippen LogP contribution in [-0.2, 0) is 9.59 Å². The molecule has 2 amide bonds. The van der Waals surface area contributed by atoms with Gasteiger partial charge in [-0.2, -0.15) is 5.10 Å². The van der Waals surface area contributed by atoms with E-state index in [0.717, 1.165) is 10.0 Å². The van der Waals surface area contributed by atoms with Crippen LogP contribution in [0.5, 0.6) is 5.75 Å². The Bertz CT molecular complexity index is 1110. The maximum Gasteiger partial charge on any atom is 0.343 e. The number of hydrazone groups is 1. The van der Waals surface area contributed by atoms with Crippen LogP contribution in [0.3, 0.4) is 0 Å². The Hall–Kier alpha value is -3.78. The Balaban J connectivity index is 1.50. The molecule has 0 radical (unpaired) electrons. The zero-order valence-corrected chi connectivity index (χ0v) is 18.0. The summed E-state index contributed by atoms with van der Waals surface area (Å²) >= 11 is 3.29. The highest BCUT2D eigenvalue weighted by Crippen LogP contribution is 2.15. The van der Waals surface area contributed by atoms with Gasteiger partial charge in [0.15, 0.2) is 0 Å². The third kappa shape index (κ3) is 6.61. The topological polar surface area (TPSA) is 96.9 Å². The molecular formula is C23H18BrN3O4. The summed E-state index contributed by atoms with van der Waals surface area (Å²) in [6.07, 6.45) is 1.37. The van der Waals surface area contributed by atoms with Crippen LogP contribution in [0.15, 0.2) is 82.4 Å². The second-order valence-electron chi connectivity index (χ2n) is 6.48. The largest absolute Gasteiger partial charge is 0.423 e. The molecule has 7 nitrogen and oxygen atoms in total. The summed E-state index contributed by atoms with van der Waals surface area (Å²) in [4.78, 5) is 35.8. The van der Waals surface area contributed by atoms with E-state index in [0.29, 0.717) is 22.6 Å². The number of nitrogens with one attached hydrogen (secondary N) is 2. The van der Waals surface area contributed by atoms with E-state index >= 15 is 0 Å². The molecule has 0 fully saturated rings. The van der Waals surface area contributed by atoms with E-state index in [1.165, 1.54) is 6.21 Å². The number of carbonyl (C=O) groups excluding carboxylic acids is 3. The Labute approximate surface area is 187 Å². The van der Waals surface area contributed by atoms with Crippen molar-refractivity contribution in [3.63, 3.8) is 0 Å². The van der Waals surface area contributed by atoms with Crippen molar-refractivity contribution in [3.8, 4) is 5.75 Å². The zero-order valence-electron chi connectivity index (χ0n) is 16.5. The Morgan fingerprint density at radius 2 is 1.52 bits per heavy atom. The number of anilines is 1. The minimum Gasteiger partial charge on any atom is -0.423 e. The molecule has 0 saturated carbocycles. The number of aryl methyl sites for hydroxylation is 1. The van der Waals surface area contributed by atoms with Gasteiger partial charge in [0.1, 0.15) is 5.75 Å². The zero-order chi connectivity index (χ0) is 22.2. The lowest BCUT2D eigenvalue weighted by Crippen LogP contribution is -2.32. The quantitative estimate of drug-likeness (QED) is 0.189. The second kappa shape index (κ2) is 10.3. The molecule has 3 rings (SSSR count). The molecule has 0 unspecified atom stereocenters. The van der Waals surface area contributed by atoms with Crippen LogP contribution in [0.4, 0.5) is 5.69 Å². The number of ether oxygens (including phenoxy) is 1. The number of carbonyl (C=O) groups is 3. The van der Waals surface area contributed by atoms with E-state index < -0.39 is 17.8 Å². The van der Waals surface area contributed by atoms with Gasteiger partial charge in [-0.05, 0) is 73.2 Å². The van der Waals surface area contributed by atoms with Gasteiger partial charge in [-0.25, -0.2) is 10.2 Å². The van der Waals surface area contributed by atoms with Crippen molar-refractivity contribution in [1.82, 2.24) is 5.43 Å². The first-order valence-electron chi connectivity index (χ1n) is 9.19. The predicted molar refractivity (Wildman–Crippen MR) is 121 cm³/mol. The molecule has 0 aliphatic rings. The van der Waals surface area contributed by atoms with Crippen LogP contribution >= 0.6 is 15.9 Å². The molecular weight excluding hydrogens is 462 g/mol. The van der Waals surface area contributed by atoms with Crippen molar-refractivity contribution in [2.24, 2.45) is 5.10 Å². The first kappa shape index (κ1) is 21.9. The summed E-state index contributed by atoms with van der Waals surface area (Å²) in [7, 11) is 0. The molecule has 0 spiro atoms. The first-order chi connectivity index (χ1) is 14.9. The normalized spacial score (nSPS) is 10.5. The van der Waals surface area contributed by atoms with Crippen molar-refractivity contribution in [3.05, 3.63) is 94.0 Å². The van der Waals surface area contributed by atoms with Crippen LogP contribution in [-0.4, -0.2) is 24.0 Å².